The van der Waals surface area contributed by atoms with Gasteiger partial charge in [0.1, 0.15) is 0 Å². The Morgan fingerprint density at radius 1 is 1.17 bits per heavy atom. The van der Waals surface area contributed by atoms with Gasteiger partial charge in [0, 0.05) is 13.6 Å². The summed E-state index contributed by atoms with van der Waals surface area (Å²) < 4.78 is 5.90. The molecule has 140 valence electrons. The van der Waals surface area contributed by atoms with Crippen LogP contribution in [0.15, 0.2) is 4.99 Å². The number of aliphatic imine (C=N–C) groups is 1. The summed E-state index contributed by atoms with van der Waals surface area (Å²) in [6.07, 6.45) is 9.70. The first-order chi connectivity index (χ1) is 11.2. The van der Waals surface area contributed by atoms with Crippen LogP contribution in [-0.4, -0.2) is 62.3 Å². The molecule has 0 spiro atoms. The Labute approximate surface area is 164 Å². The van der Waals surface area contributed by atoms with E-state index in [9.17, 15) is 0 Å². The van der Waals surface area contributed by atoms with Gasteiger partial charge >= 0.3 is 0 Å². The first-order valence-electron chi connectivity index (χ1n) is 9.59. The first-order valence-corrected chi connectivity index (χ1v) is 9.59. The zero-order valence-corrected chi connectivity index (χ0v) is 17.6. The Morgan fingerprint density at radius 2 is 1.96 bits per heavy atom. The van der Waals surface area contributed by atoms with Gasteiger partial charge in [-0.3, -0.25) is 4.99 Å². The molecule has 24 heavy (non-hydrogen) atoms. The molecule has 3 atom stereocenters. The van der Waals surface area contributed by atoms with Crippen molar-refractivity contribution >= 4 is 29.9 Å². The third kappa shape index (κ3) is 5.73. The zero-order valence-electron chi connectivity index (χ0n) is 15.3. The Balaban J connectivity index is 0.00000208. The van der Waals surface area contributed by atoms with Gasteiger partial charge in [0.15, 0.2) is 5.96 Å². The lowest BCUT2D eigenvalue weighted by molar-refractivity contribution is 0.0992. The Morgan fingerprint density at radius 3 is 2.58 bits per heavy atom. The largest absolute Gasteiger partial charge is 0.373 e. The molecule has 3 fully saturated rings. The lowest BCUT2D eigenvalue weighted by atomic mass is 9.96. The standard InChI is InChI=1S/C18H34N4O.HI/c1-14-7-11-22(12-8-14)10-4-3-9-20-18(19-2)21-16-13-15-5-6-17(16)23-15;/h14-17H,3-13H2,1-2H3,(H2,19,20,21);1H. The summed E-state index contributed by atoms with van der Waals surface area (Å²) in [6, 6.07) is 0.454. The predicted octanol–water partition coefficient (Wildman–Crippen LogP) is 2.60. The third-order valence-corrected chi connectivity index (χ3v) is 5.72. The Bertz CT molecular complexity index is 398. The van der Waals surface area contributed by atoms with Crippen LogP contribution in [0.1, 0.15) is 51.9 Å². The van der Waals surface area contributed by atoms with Gasteiger partial charge in [-0.15, -0.1) is 24.0 Å². The number of unbranched alkanes of at least 4 members (excludes halogenated alkanes) is 1. The van der Waals surface area contributed by atoms with Crippen molar-refractivity contribution in [3.8, 4) is 0 Å². The molecule has 0 aliphatic carbocycles. The van der Waals surface area contributed by atoms with E-state index in [0.29, 0.717) is 18.2 Å². The molecular weight excluding hydrogens is 415 g/mol. The number of hydrogen-bond donors (Lipinski definition) is 2. The number of fused-ring (bicyclic) bond motifs is 2. The average molecular weight is 450 g/mol. The van der Waals surface area contributed by atoms with Gasteiger partial charge in [0.2, 0.25) is 0 Å². The number of nitrogens with zero attached hydrogens (tertiary/aromatic N) is 2. The van der Waals surface area contributed by atoms with E-state index in [4.69, 9.17) is 4.74 Å². The number of ether oxygens (including phenoxy) is 1. The molecule has 3 rings (SSSR count). The summed E-state index contributed by atoms with van der Waals surface area (Å²) in [6.45, 7) is 7.22. The minimum atomic E-state index is 0. The Hall–Kier alpha value is -0.0800. The van der Waals surface area contributed by atoms with Crippen LogP contribution in [0, 0.1) is 5.92 Å². The number of likely N-dealkylation sites (tertiary alicyclic amines) is 1. The second-order valence-corrected chi connectivity index (χ2v) is 7.59. The van der Waals surface area contributed by atoms with Crippen molar-refractivity contribution in [1.29, 1.82) is 0 Å². The molecule has 0 saturated carbocycles. The quantitative estimate of drug-likeness (QED) is 0.283. The van der Waals surface area contributed by atoms with E-state index >= 15 is 0 Å². The van der Waals surface area contributed by atoms with Crippen molar-refractivity contribution in [2.45, 2.75) is 70.1 Å². The molecule has 2 N–H and O–H groups in total. The van der Waals surface area contributed by atoms with Crippen molar-refractivity contribution in [1.82, 2.24) is 15.5 Å². The van der Waals surface area contributed by atoms with Gasteiger partial charge in [0.05, 0.1) is 18.2 Å². The van der Waals surface area contributed by atoms with Crippen molar-refractivity contribution < 1.29 is 4.74 Å². The van der Waals surface area contributed by atoms with E-state index < -0.39 is 0 Å². The highest BCUT2D eigenvalue weighted by molar-refractivity contribution is 14.0. The fourth-order valence-corrected chi connectivity index (χ4v) is 4.11. The van der Waals surface area contributed by atoms with Gasteiger partial charge in [-0.25, -0.2) is 0 Å². The molecule has 0 aromatic heterocycles. The third-order valence-electron chi connectivity index (χ3n) is 5.72. The van der Waals surface area contributed by atoms with Crippen LogP contribution in [0.3, 0.4) is 0 Å². The van der Waals surface area contributed by atoms with Crippen LogP contribution < -0.4 is 10.6 Å². The smallest absolute Gasteiger partial charge is 0.191 e. The Kier molecular flexibility index (Phi) is 8.57. The molecule has 3 unspecified atom stereocenters. The molecule has 0 aromatic carbocycles. The maximum atomic E-state index is 5.90. The number of halogens is 1. The van der Waals surface area contributed by atoms with Crippen LogP contribution >= 0.6 is 24.0 Å². The summed E-state index contributed by atoms with van der Waals surface area (Å²) >= 11 is 0. The molecule has 3 aliphatic heterocycles. The molecule has 0 radical (unpaired) electrons. The normalized spacial score (nSPS) is 31.1. The lowest BCUT2D eigenvalue weighted by Gasteiger charge is -2.30. The number of guanidine groups is 1. The maximum absolute atomic E-state index is 5.90. The molecule has 6 heteroatoms. The van der Waals surface area contributed by atoms with E-state index in [2.05, 4.69) is 27.4 Å². The van der Waals surface area contributed by atoms with Gasteiger partial charge in [-0.05, 0) is 70.5 Å². The van der Waals surface area contributed by atoms with Crippen LogP contribution in [0.4, 0.5) is 0 Å². The lowest BCUT2D eigenvalue weighted by Crippen LogP contribution is -2.47. The van der Waals surface area contributed by atoms with Crippen molar-refractivity contribution in [2.75, 3.05) is 33.2 Å². The molecule has 0 aromatic rings. The zero-order chi connectivity index (χ0) is 16.1. The molecule has 0 amide bonds. The second kappa shape index (κ2) is 10.2. The summed E-state index contributed by atoms with van der Waals surface area (Å²) in [5, 5.41) is 7.01. The van der Waals surface area contributed by atoms with Gasteiger partial charge in [-0.1, -0.05) is 6.92 Å². The van der Waals surface area contributed by atoms with E-state index in [1.54, 1.807) is 0 Å². The van der Waals surface area contributed by atoms with E-state index in [1.807, 2.05) is 7.05 Å². The summed E-state index contributed by atoms with van der Waals surface area (Å²) in [4.78, 5) is 6.98. The molecular formula is C18H35IN4O. The highest BCUT2D eigenvalue weighted by Crippen LogP contribution is 2.34. The number of nitrogens with one attached hydrogen (secondary N) is 2. The SMILES string of the molecule is CN=C(NCCCCN1CCC(C)CC1)NC1CC2CCC1O2.I. The number of hydrogen-bond acceptors (Lipinski definition) is 3. The first kappa shape index (κ1) is 20.2. The topological polar surface area (TPSA) is 48.9 Å². The summed E-state index contributed by atoms with van der Waals surface area (Å²) in [5.74, 6) is 1.87. The fraction of sp³-hybridized carbons (Fsp3) is 0.944. The van der Waals surface area contributed by atoms with Gasteiger partial charge < -0.3 is 20.3 Å². The highest BCUT2D eigenvalue weighted by atomic mass is 127. The van der Waals surface area contributed by atoms with Crippen LogP contribution in [0.25, 0.3) is 0 Å². The van der Waals surface area contributed by atoms with Crippen molar-refractivity contribution in [2.24, 2.45) is 10.9 Å². The van der Waals surface area contributed by atoms with E-state index in [0.717, 1.165) is 24.8 Å². The van der Waals surface area contributed by atoms with Crippen molar-refractivity contribution in [3.63, 3.8) is 0 Å². The van der Waals surface area contributed by atoms with Crippen LogP contribution in [0.5, 0.6) is 0 Å². The minimum Gasteiger partial charge on any atom is -0.373 e. The van der Waals surface area contributed by atoms with Crippen LogP contribution in [0.2, 0.25) is 0 Å². The molecule has 3 heterocycles. The second-order valence-electron chi connectivity index (χ2n) is 7.59. The minimum absolute atomic E-state index is 0. The fourth-order valence-electron chi connectivity index (χ4n) is 4.11. The highest BCUT2D eigenvalue weighted by Gasteiger charge is 2.41. The average Bonchev–Trinajstić information content (AvgIpc) is 3.18. The number of rotatable bonds is 6. The molecule has 3 saturated heterocycles. The summed E-state index contributed by atoms with van der Waals surface area (Å²) in [5.41, 5.74) is 0. The maximum Gasteiger partial charge on any atom is 0.191 e. The van der Waals surface area contributed by atoms with E-state index in [1.165, 1.54) is 58.2 Å². The van der Waals surface area contributed by atoms with Crippen LogP contribution in [-0.2, 0) is 4.74 Å². The van der Waals surface area contributed by atoms with Gasteiger partial charge in [-0.2, -0.15) is 0 Å². The van der Waals surface area contributed by atoms with E-state index in [-0.39, 0.29) is 24.0 Å². The predicted molar refractivity (Wildman–Crippen MR) is 110 cm³/mol. The molecule has 5 nitrogen and oxygen atoms in total. The number of piperidine rings is 1. The molecule has 3 aliphatic rings. The van der Waals surface area contributed by atoms with Gasteiger partial charge in [0.25, 0.3) is 0 Å². The van der Waals surface area contributed by atoms with Crippen molar-refractivity contribution in [3.05, 3.63) is 0 Å². The molecule has 2 bridgehead atoms. The monoisotopic (exact) mass is 450 g/mol. The summed E-state index contributed by atoms with van der Waals surface area (Å²) in [7, 11) is 1.86.